The summed E-state index contributed by atoms with van der Waals surface area (Å²) in [5, 5.41) is 3.33. The maximum atomic E-state index is 12.6. The molecule has 1 aliphatic heterocycles. The van der Waals surface area contributed by atoms with E-state index in [0.29, 0.717) is 23.6 Å². The van der Waals surface area contributed by atoms with Crippen molar-refractivity contribution < 1.29 is 9.59 Å². The molecule has 0 radical (unpaired) electrons. The smallest absolute Gasteiger partial charge is 0.253 e. The van der Waals surface area contributed by atoms with E-state index in [1.807, 2.05) is 11.8 Å². The minimum atomic E-state index is -0.508. The van der Waals surface area contributed by atoms with Crippen molar-refractivity contribution in [3.05, 3.63) is 35.4 Å². The highest BCUT2D eigenvalue weighted by Gasteiger charge is 2.21. The lowest BCUT2D eigenvalue weighted by Crippen LogP contribution is -2.39. The largest absolute Gasteiger partial charge is 0.366 e. The van der Waals surface area contributed by atoms with E-state index < -0.39 is 5.91 Å². The molecular formula is C16H23N3O2. The second-order valence-corrected chi connectivity index (χ2v) is 5.48. The average molecular weight is 289 g/mol. The molecule has 5 nitrogen and oxygen atoms in total. The van der Waals surface area contributed by atoms with Gasteiger partial charge < -0.3 is 16.0 Å². The topological polar surface area (TPSA) is 75.4 Å². The molecule has 0 bridgehead atoms. The highest BCUT2D eigenvalue weighted by atomic mass is 16.2. The molecule has 0 aromatic heterocycles. The summed E-state index contributed by atoms with van der Waals surface area (Å²) in [6.45, 7) is 5.47. The van der Waals surface area contributed by atoms with Gasteiger partial charge in [0.05, 0.1) is 0 Å². The van der Waals surface area contributed by atoms with E-state index in [4.69, 9.17) is 5.73 Å². The summed E-state index contributed by atoms with van der Waals surface area (Å²) >= 11 is 0. The number of rotatable bonds is 5. The predicted octanol–water partition coefficient (Wildman–Crippen LogP) is 1.25. The van der Waals surface area contributed by atoms with Gasteiger partial charge in [0.1, 0.15) is 0 Å². The first-order valence-corrected chi connectivity index (χ1v) is 7.51. The summed E-state index contributed by atoms with van der Waals surface area (Å²) in [4.78, 5) is 25.7. The van der Waals surface area contributed by atoms with Crippen molar-refractivity contribution in [2.24, 2.45) is 11.7 Å². The summed E-state index contributed by atoms with van der Waals surface area (Å²) in [6.07, 6.45) is 2.20. The first-order chi connectivity index (χ1) is 10.1. The third-order valence-electron chi connectivity index (χ3n) is 4.00. The van der Waals surface area contributed by atoms with Gasteiger partial charge in [0.25, 0.3) is 5.91 Å². The van der Waals surface area contributed by atoms with Gasteiger partial charge in [-0.15, -0.1) is 0 Å². The summed E-state index contributed by atoms with van der Waals surface area (Å²) in [5.74, 6) is 0.0136. The van der Waals surface area contributed by atoms with Gasteiger partial charge in [-0.05, 0) is 57.0 Å². The molecule has 1 aromatic rings. The van der Waals surface area contributed by atoms with Crippen LogP contribution in [0, 0.1) is 5.92 Å². The van der Waals surface area contributed by atoms with Crippen LogP contribution < -0.4 is 11.1 Å². The van der Waals surface area contributed by atoms with Gasteiger partial charge in [0, 0.05) is 24.2 Å². The van der Waals surface area contributed by atoms with Crippen LogP contribution in [0.2, 0.25) is 0 Å². The molecule has 1 heterocycles. The molecule has 0 atom stereocenters. The van der Waals surface area contributed by atoms with E-state index >= 15 is 0 Å². The highest BCUT2D eigenvalue weighted by Crippen LogP contribution is 2.16. The number of benzene rings is 1. The van der Waals surface area contributed by atoms with Gasteiger partial charge in [0.2, 0.25) is 5.91 Å². The van der Waals surface area contributed by atoms with Gasteiger partial charge in [-0.2, -0.15) is 0 Å². The maximum Gasteiger partial charge on any atom is 0.253 e. The minimum absolute atomic E-state index is 0.0286. The van der Waals surface area contributed by atoms with E-state index in [1.54, 1.807) is 24.3 Å². The zero-order valence-corrected chi connectivity index (χ0v) is 12.5. The van der Waals surface area contributed by atoms with Crippen molar-refractivity contribution in [1.29, 1.82) is 0 Å². The number of nitrogens with two attached hydrogens (primary N) is 1. The number of nitrogens with zero attached hydrogens (tertiary/aromatic N) is 1. The molecule has 5 heteroatoms. The number of hydrogen-bond donors (Lipinski definition) is 2. The summed E-state index contributed by atoms with van der Waals surface area (Å²) < 4.78 is 0. The SMILES string of the molecule is CCN(CC1CCNCC1)C(=O)c1cccc(C(N)=O)c1. The molecule has 21 heavy (non-hydrogen) atoms. The van der Waals surface area contributed by atoms with Crippen molar-refractivity contribution in [1.82, 2.24) is 10.2 Å². The Kier molecular flexibility index (Phi) is 5.33. The third-order valence-corrected chi connectivity index (χ3v) is 4.00. The van der Waals surface area contributed by atoms with E-state index in [-0.39, 0.29) is 5.91 Å². The van der Waals surface area contributed by atoms with Crippen molar-refractivity contribution >= 4 is 11.8 Å². The molecule has 0 spiro atoms. The van der Waals surface area contributed by atoms with Crippen LogP contribution in [0.5, 0.6) is 0 Å². The van der Waals surface area contributed by atoms with Gasteiger partial charge in [0.15, 0.2) is 0 Å². The zero-order chi connectivity index (χ0) is 15.2. The second kappa shape index (κ2) is 7.22. The average Bonchev–Trinajstić information content (AvgIpc) is 2.53. The Bertz CT molecular complexity index is 510. The molecular weight excluding hydrogens is 266 g/mol. The first kappa shape index (κ1) is 15.5. The molecule has 1 saturated heterocycles. The highest BCUT2D eigenvalue weighted by molar-refractivity contribution is 5.99. The number of piperidine rings is 1. The summed E-state index contributed by atoms with van der Waals surface area (Å²) in [5.41, 5.74) is 6.17. The Morgan fingerprint density at radius 3 is 2.57 bits per heavy atom. The van der Waals surface area contributed by atoms with Crippen LogP contribution in [0.4, 0.5) is 0 Å². The minimum Gasteiger partial charge on any atom is -0.366 e. The van der Waals surface area contributed by atoms with Crippen LogP contribution in [0.15, 0.2) is 24.3 Å². The Morgan fingerprint density at radius 2 is 1.95 bits per heavy atom. The Hall–Kier alpha value is -1.88. The summed E-state index contributed by atoms with van der Waals surface area (Å²) in [7, 11) is 0. The van der Waals surface area contributed by atoms with Crippen LogP contribution in [-0.4, -0.2) is 42.9 Å². The molecule has 0 aliphatic carbocycles. The van der Waals surface area contributed by atoms with Crippen LogP contribution in [0.1, 0.15) is 40.5 Å². The fourth-order valence-electron chi connectivity index (χ4n) is 2.72. The Balaban J connectivity index is 2.08. The normalized spacial score (nSPS) is 15.7. The van der Waals surface area contributed by atoms with Gasteiger partial charge in [-0.3, -0.25) is 9.59 Å². The van der Waals surface area contributed by atoms with Crippen LogP contribution in [-0.2, 0) is 0 Å². The number of carbonyl (C=O) groups excluding carboxylic acids is 2. The lowest BCUT2D eigenvalue weighted by atomic mass is 9.97. The van der Waals surface area contributed by atoms with Crippen LogP contribution >= 0.6 is 0 Å². The second-order valence-electron chi connectivity index (χ2n) is 5.48. The number of nitrogens with one attached hydrogen (secondary N) is 1. The van der Waals surface area contributed by atoms with E-state index in [0.717, 1.165) is 32.5 Å². The van der Waals surface area contributed by atoms with E-state index in [2.05, 4.69) is 5.32 Å². The van der Waals surface area contributed by atoms with Crippen molar-refractivity contribution in [3.8, 4) is 0 Å². The van der Waals surface area contributed by atoms with Crippen LogP contribution in [0.25, 0.3) is 0 Å². The zero-order valence-electron chi connectivity index (χ0n) is 12.5. The van der Waals surface area contributed by atoms with Gasteiger partial charge in [-0.25, -0.2) is 0 Å². The monoisotopic (exact) mass is 289 g/mol. The quantitative estimate of drug-likeness (QED) is 0.856. The van der Waals surface area contributed by atoms with Crippen molar-refractivity contribution in [3.63, 3.8) is 0 Å². The fourth-order valence-corrected chi connectivity index (χ4v) is 2.72. The van der Waals surface area contributed by atoms with Gasteiger partial charge >= 0.3 is 0 Å². The lowest BCUT2D eigenvalue weighted by molar-refractivity contribution is 0.0727. The Morgan fingerprint density at radius 1 is 1.29 bits per heavy atom. The number of amides is 2. The van der Waals surface area contributed by atoms with Crippen molar-refractivity contribution in [2.75, 3.05) is 26.2 Å². The molecule has 1 fully saturated rings. The van der Waals surface area contributed by atoms with E-state index in [9.17, 15) is 9.59 Å². The Labute approximate surface area is 125 Å². The number of hydrogen-bond acceptors (Lipinski definition) is 3. The molecule has 1 aliphatic rings. The molecule has 2 rings (SSSR count). The van der Waals surface area contributed by atoms with Gasteiger partial charge in [-0.1, -0.05) is 6.07 Å². The molecule has 0 saturated carbocycles. The molecule has 3 N–H and O–H groups in total. The summed E-state index contributed by atoms with van der Waals surface area (Å²) in [6, 6.07) is 6.64. The van der Waals surface area contributed by atoms with Crippen LogP contribution in [0.3, 0.4) is 0 Å². The predicted molar refractivity (Wildman–Crippen MR) is 82.1 cm³/mol. The molecule has 114 valence electrons. The fraction of sp³-hybridized carbons (Fsp3) is 0.500. The number of primary amides is 1. The standard InChI is InChI=1S/C16H23N3O2/c1-2-19(11-12-6-8-18-9-7-12)16(21)14-5-3-4-13(10-14)15(17)20/h3-5,10,12,18H,2,6-9,11H2,1H3,(H2,17,20). The molecule has 0 unspecified atom stereocenters. The first-order valence-electron chi connectivity index (χ1n) is 7.51. The molecule has 1 aromatic carbocycles. The molecule has 2 amide bonds. The third kappa shape index (κ3) is 4.04. The lowest BCUT2D eigenvalue weighted by Gasteiger charge is -2.29. The van der Waals surface area contributed by atoms with E-state index in [1.165, 1.54) is 0 Å². The number of carbonyl (C=O) groups is 2. The maximum absolute atomic E-state index is 12.6. The van der Waals surface area contributed by atoms with Crippen molar-refractivity contribution in [2.45, 2.75) is 19.8 Å².